The first-order chi connectivity index (χ1) is 12.5. The zero-order valence-electron chi connectivity index (χ0n) is 13.9. The molecule has 0 spiro atoms. The first-order valence-electron chi connectivity index (χ1n) is 8.12. The molecule has 0 saturated carbocycles. The highest BCUT2D eigenvalue weighted by molar-refractivity contribution is 5.83. The third kappa shape index (κ3) is 4.19. The van der Waals surface area contributed by atoms with Gasteiger partial charge in [0.15, 0.2) is 0 Å². The van der Waals surface area contributed by atoms with E-state index >= 15 is 0 Å². The molecule has 3 aromatic rings. The lowest BCUT2D eigenvalue weighted by Gasteiger charge is -2.18. The zero-order valence-corrected chi connectivity index (χ0v) is 13.9. The van der Waals surface area contributed by atoms with Crippen molar-refractivity contribution in [3.05, 3.63) is 71.7 Å². The number of halogens is 1. The minimum absolute atomic E-state index is 0.104. The van der Waals surface area contributed by atoms with Gasteiger partial charge in [-0.05, 0) is 23.8 Å². The highest BCUT2D eigenvalue weighted by Gasteiger charge is 2.22. The lowest BCUT2D eigenvalue weighted by Crippen LogP contribution is -2.35. The van der Waals surface area contributed by atoms with E-state index in [1.807, 2.05) is 30.3 Å². The Kier molecular flexibility index (Phi) is 5.50. The third-order valence-electron chi connectivity index (χ3n) is 4.03. The fourth-order valence-electron chi connectivity index (χ4n) is 2.64. The number of H-pyrrole nitrogens is 1. The van der Waals surface area contributed by atoms with Crippen LogP contribution in [0.3, 0.4) is 0 Å². The SMILES string of the molecule is O=C(NCC(O)C(O)c1c[nH]c2ccc(F)cc12)OCc1ccccc1. The van der Waals surface area contributed by atoms with Crippen LogP contribution in [0.2, 0.25) is 0 Å². The van der Waals surface area contributed by atoms with Crippen molar-refractivity contribution in [3.8, 4) is 0 Å². The summed E-state index contributed by atoms with van der Waals surface area (Å²) in [5.74, 6) is -0.442. The molecule has 0 radical (unpaired) electrons. The summed E-state index contributed by atoms with van der Waals surface area (Å²) in [6.45, 7) is -0.107. The van der Waals surface area contributed by atoms with Gasteiger partial charge in [0.2, 0.25) is 0 Å². The summed E-state index contributed by atoms with van der Waals surface area (Å²) in [6.07, 6.45) is -1.77. The quantitative estimate of drug-likeness (QED) is 0.545. The number of ether oxygens (including phenoxy) is 1. The standard InChI is InChI=1S/C19H19FN2O4/c20-13-6-7-16-14(8-13)15(9-21-16)18(24)17(23)10-22-19(25)26-11-12-4-2-1-3-5-12/h1-9,17-18,21,23-24H,10-11H2,(H,22,25). The maximum Gasteiger partial charge on any atom is 0.407 e. The number of hydrogen-bond acceptors (Lipinski definition) is 4. The summed E-state index contributed by atoms with van der Waals surface area (Å²) in [5, 5.41) is 23.3. The molecule has 1 amide bonds. The number of carbonyl (C=O) groups excluding carboxylic acids is 1. The highest BCUT2D eigenvalue weighted by Crippen LogP contribution is 2.26. The fourth-order valence-corrected chi connectivity index (χ4v) is 2.64. The zero-order chi connectivity index (χ0) is 18.5. The number of aromatic amines is 1. The van der Waals surface area contributed by atoms with Gasteiger partial charge in [-0.15, -0.1) is 0 Å². The van der Waals surface area contributed by atoms with E-state index in [0.717, 1.165) is 5.56 Å². The number of aromatic nitrogens is 1. The number of amides is 1. The van der Waals surface area contributed by atoms with Gasteiger partial charge in [0.25, 0.3) is 0 Å². The van der Waals surface area contributed by atoms with Crippen LogP contribution in [-0.4, -0.2) is 33.9 Å². The van der Waals surface area contributed by atoms with Crippen molar-refractivity contribution in [2.24, 2.45) is 0 Å². The van der Waals surface area contributed by atoms with E-state index in [4.69, 9.17) is 4.74 Å². The number of alkyl carbamates (subject to hydrolysis) is 1. The van der Waals surface area contributed by atoms with Gasteiger partial charge >= 0.3 is 6.09 Å². The van der Waals surface area contributed by atoms with Crippen molar-refractivity contribution in [2.75, 3.05) is 6.54 Å². The second-order valence-corrected chi connectivity index (χ2v) is 5.89. The van der Waals surface area contributed by atoms with E-state index in [1.54, 1.807) is 6.07 Å². The Morgan fingerprint density at radius 3 is 2.73 bits per heavy atom. The van der Waals surface area contributed by atoms with Crippen molar-refractivity contribution in [1.82, 2.24) is 10.3 Å². The molecule has 1 heterocycles. The van der Waals surface area contributed by atoms with Crippen LogP contribution in [-0.2, 0) is 11.3 Å². The summed E-state index contributed by atoms with van der Waals surface area (Å²) >= 11 is 0. The average molecular weight is 358 g/mol. The Morgan fingerprint density at radius 1 is 1.19 bits per heavy atom. The van der Waals surface area contributed by atoms with Crippen LogP contribution in [0.5, 0.6) is 0 Å². The van der Waals surface area contributed by atoms with E-state index < -0.39 is 24.1 Å². The Bertz CT molecular complexity index is 882. The molecular formula is C19H19FN2O4. The van der Waals surface area contributed by atoms with Gasteiger partial charge in [0.1, 0.15) is 24.6 Å². The van der Waals surface area contributed by atoms with Gasteiger partial charge in [-0.3, -0.25) is 0 Å². The molecule has 0 saturated heterocycles. The highest BCUT2D eigenvalue weighted by atomic mass is 19.1. The van der Waals surface area contributed by atoms with Gasteiger partial charge in [-0.25, -0.2) is 9.18 Å². The molecule has 7 heteroatoms. The maximum absolute atomic E-state index is 13.4. The summed E-state index contributed by atoms with van der Waals surface area (Å²) in [5.41, 5.74) is 1.83. The van der Waals surface area contributed by atoms with Crippen molar-refractivity contribution in [2.45, 2.75) is 18.8 Å². The molecule has 0 aliphatic carbocycles. The molecule has 6 nitrogen and oxygen atoms in total. The van der Waals surface area contributed by atoms with Gasteiger partial charge in [-0.1, -0.05) is 30.3 Å². The number of carbonyl (C=O) groups is 1. The lowest BCUT2D eigenvalue weighted by molar-refractivity contribution is 0.0192. The summed E-state index contributed by atoms with van der Waals surface area (Å²) < 4.78 is 18.4. The van der Waals surface area contributed by atoms with Crippen LogP contribution in [0, 0.1) is 5.82 Å². The first kappa shape index (κ1) is 17.9. The fraction of sp³-hybridized carbons (Fsp3) is 0.211. The number of hydrogen-bond donors (Lipinski definition) is 4. The number of benzene rings is 2. The second kappa shape index (κ2) is 7.99. The van der Waals surface area contributed by atoms with Crippen LogP contribution < -0.4 is 5.32 Å². The van der Waals surface area contributed by atoms with Gasteiger partial charge in [0.05, 0.1) is 0 Å². The first-order valence-corrected chi connectivity index (χ1v) is 8.12. The minimum atomic E-state index is -1.29. The van der Waals surface area contributed by atoms with Crippen LogP contribution in [0.4, 0.5) is 9.18 Å². The molecule has 0 fully saturated rings. The molecule has 2 atom stereocenters. The van der Waals surface area contributed by atoms with Crippen molar-refractivity contribution in [3.63, 3.8) is 0 Å². The van der Waals surface area contributed by atoms with E-state index in [1.165, 1.54) is 18.3 Å². The molecule has 2 unspecified atom stereocenters. The summed E-state index contributed by atoms with van der Waals surface area (Å²) in [4.78, 5) is 14.6. The molecule has 4 N–H and O–H groups in total. The molecule has 0 bridgehead atoms. The summed E-state index contributed by atoms with van der Waals surface area (Å²) in [6, 6.07) is 13.3. The molecule has 1 aromatic heterocycles. The molecule has 3 rings (SSSR count). The van der Waals surface area contributed by atoms with E-state index in [-0.39, 0.29) is 13.2 Å². The van der Waals surface area contributed by atoms with E-state index in [0.29, 0.717) is 16.5 Å². The normalized spacial score (nSPS) is 13.3. The lowest BCUT2D eigenvalue weighted by atomic mass is 10.0. The van der Waals surface area contributed by atoms with Crippen LogP contribution in [0.25, 0.3) is 10.9 Å². The van der Waals surface area contributed by atoms with Gasteiger partial charge < -0.3 is 25.3 Å². The van der Waals surface area contributed by atoms with E-state index in [2.05, 4.69) is 10.3 Å². The van der Waals surface area contributed by atoms with Crippen molar-refractivity contribution >= 4 is 17.0 Å². The number of nitrogens with one attached hydrogen (secondary N) is 2. The predicted molar refractivity (Wildman–Crippen MR) is 93.9 cm³/mol. The Hall–Kier alpha value is -2.90. The third-order valence-corrected chi connectivity index (χ3v) is 4.03. The minimum Gasteiger partial charge on any atom is -0.445 e. The Morgan fingerprint density at radius 2 is 1.96 bits per heavy atom. The number of aliphatic hydroxyl groups is 2. The maximum atomic E-state index is 13.4. The second-order valence-electron chi connectivity index (χ2n) is 5.89. The molecule has 0 aliphatic heterocycles. The molecular weight excluding hydrogens is 339 g/mol. The van der Waals surface area contributed by atoms with Crippen molar-refractivity contribution in [1.29, 1.82) is 0 Å². The van der Waals surface area contributed by atoms with Gasteiger partial charge in [-0.2, -0.15) is 0 Å². The average Bonchev–Trinajstić information content (AvgIpc) is 3.07. The monoisotopic (exact) mass is 358 g/mol. The van der Waals surface area contributed by atoms with Crippen LogP contribution in [0.15, 0.2) is 54.7 Å². The van der Waals surface area contributed by atoms with Crippen molar-refractivity contribution < 1.29 is 24.1 Å². The van der Waals surface area contributed by atoms with Crippen LogP contribution in [0.1, 0.15) is 17.2 Å². The molecule has 136 valence electrons. The smallest absolute Gasteiger partial charge is 0.407 e. The molecule has 0 aliphatic rings. The summed E-state index contributed by atoms with van der Waals surface area (Å²) in [7, 11) is 0. The Labute approximate surface area is 149 Å². The van der Waals surface area contributed by atoms with Crippen LogP contribution >= 0.6 is 0 Å². The molecule has 26 heavy (non-hydrogen) atoms. The molecule has 2 aromatic carbocycles. The van der Waals surface area contributed by atoms with E-state index in [9.17, 15) is 19.4 Å². The largest absolute Gasteiger partial charge is 0.445 e. The van der Waals surface area contributed by atoms with Gasteiger partial charge in [0, 0.05) is 29.2 Å². The topological polar surface area (TPSA) is 94.6 Å². The number of rotatable bonds is 6. The Balaban J connectivity index is 1.54. The number of aliphatic hydroxyl groups excluding tert-OH is 2. The predicted octanol–water partition coefficient (Wildman–Crippen LogP) is 2.63. The number of fused-ring (bicyclic) bond motifs is 1.